The number of hydrogen-bond donors (Lipinski definition) is 1. The Labute approximate surface area is 112 Å². The Morgan fingerprint density at radius 3 is 2.61 bits per heavy atom. The van der Waals surface area contributed by atoms with Gasteiger partial charge in [-0.05, 0) is 36.9 Å². The maximum atomic E-state index is 12.2. The molecule has 0 fully saturated rings. The molecule has 4 heteroatoms. The van der Waals surface area contributed by atoms with Gasteiger partial charge in [0.25, 0.3) is 0 Å². The molecule has 0 heterocycles. The summed E-state index contributed by atoms with van der Waals surface area (Å²) in [6.45, 7) is 4.94. The molecular formula is C14H23NO2S. The molecule has 0 saturated carbocycles. The van der Waals surface area contributed by atoms with Gasteiger partial charge in [-0.15, -0.1) is 0 Å². The molecule has 1 rings (SSSR count). The molecule has 0 radical (unpaired) electrons. The monoisotopic (exact) mass is 269 g/mol. The smallest absolute Gasteiger partial charge is 0.134 e. The second-order valence-electron chi connectivity index (χ2n) is 5.17. The molecule has 1 aromatic rings. The van der Waals surface area contributed by atoms with Crippen LogP contribution in [0.25, 0.3) is 0 Å². The second kappa shape index (κ2) is 6.90. The Balaban J connectivity index is 2.56. The average molecular weight is 269 g/mol. The first-order valence-corrected chi connectivity index (χ1v) is 7.53. The van der Waals surface area contributed by atoms with Crippen molar-refractivity contribution < 1.29 is 8.95 Å². The number of rotatable bonds is 7. The molecule has 0 saturated heterocycles. The van der Waals surface area contributed by atoms with E-state index in [0.29, 0.717) is 18.0 Å². The van der Waals surface area contributed by atoms with Gasteiger partial charge in [-0.3, -0.25) is 4.21 Å². The van der Waals surface area contributed by atoms with E-state index in [1.807, 2.05) is 24.3 Å². The first-order valence-electron chi connectivity index (χ1n) is 6.21. The third-order valence-corrected chi connectivity index (χ3v) is 4.54. The molecule has 0 aliphatic carbocycles. The van der Waals surface area contributed by atoms with Crippen molar-refractivity contribution in [3.8, 4) is 5.75 Å². The van der Waals surface area contributed by atoms with Crippen molar-refractivity contribution in [2.75, 3.05) is 19.4 Å². The molecule has 1 aromatic carbocycles. The van der Waals surface area contributed by atoms with Gasteiger partial charge < -0.3 is 10.5 Å². The first-order chi connectivity index (χ1) is 8.50. The van der Waals surface area contributed by atoms with Gasteiger partial charge in [0.05, 0.1) is 22.8 Å². The Morgan fingerprint density at radius 2 is 2.00 bits per heavy atom. The lowest BCUT2D eigenvalue weighted by atomic mass is 9.88. The van der Waals surface area contributed by atoms with E-state index in [2.05, 4.69) is 13.8 Å². The lowest BCUT2D eigenvalue weighted by Gasteiger charge is -2.21. The summed E-state index contributed by atoms with van der Waals surface area (Å²) in [5.74, 6) is 1.36. The van der Waals surface area contributed by atoms with Crippen molar-refractivity contribution in [2.45, 2.75) is 31.6 Å². The van der Waals surface area contributed by atoms with Crippen LogP contribution < -0.4 is 10.5 Å². The molecule has 2 N–H and O–H groups in total. The molecular weight excluding hydrogens is 246 g/mol. The van der Waals surface area contributed by atoms with Gasteiger partial charge in [-0.25, -0.2) is 0 Å². The molecule has 0 aromatic heterocycles. The van der Waals surface area contributed by atoms with Crippen molar-refractivity contribution in [2.24, 2.45) is 11.1 Å². The number of hydrogen-bond acceptors (Lipinski definition) is 3. The van der Waals surface area contributed by atoms with E-state index in [9.17, 15) is 4.21 Å². The van der Waals surface area contributed by atoms with Gasteiger partial charge in [0.2, 0.25) is 0 Å². The van der Waals surface area contributed by atoms with Crippen LogP contribution in [0.5, 0.6) is 5.75 Å². The van der Waals surface area contributed by atoms with E-state index in [-0.39, 0.29) is 5.41 Å². The molecule has 1 unspecified atom stereocenters. The normalized spacial score (nSPS) is 13.3. The topological polar surface area (TPSA) is 52.3 Å². The number of nitrogens with two attached hydrogens (primary N) is 1. The number of ether oxygens (including phenoxy) is 1. The highest BCUT2D eigenvalue weighted by Crippen LogP contribution is 2.24. The maximum Gasteiger partial charge on any atom is 0.134 e. The van der Waals surface area contributed by atoms with Crippen molar-refractivity contribution in [3.63, 3.8) is 0 Å². The predicted molar refractivity (Wildman–Crippen MR) is 76.3 cm³/mol. The molecule has 1 atom stereocenters. The fourth-order valence-electron chi connectivity index (χ4n) is 1.70. The lowest BCUT2D eigenvalue weighted by Crippen LogP contribution is -2.23. The molecule has 0 bridgehead atoms. The SMILES string of the molecule is COc1ccccc1S(=O)CCCC(C)(C)CN. The van der Waals surface area contributed by atoms with E-state index < -0.39 is 10.8 Å². The van der Waals surface area contributed by atoms with Crippen molar-refractivity contribution in [3.05, 3.63) is 24.3 Å². The standard InChI is InChI=1S/C14H23NO2S/c1-14(2,11-15)9-6-10-18(16)13-8-5-4-7-12(13)17-3/h4-5,7-8H,6,9-11,15H2,1-3H3. The van der Waals surface area contributed by atoms with Crippen molar-refractivity contribution in [1.29, 1.82) is 0 Å². The van der Waals surface area contributed by atoms with Crippen LogP contribution in [0, 0.1) is 5.41 Å². The predicted octanol–water partition coefficient (Wildman–Crippen LogP) is 2.57. The van der Waals surface area contributed by atoms with Crippen LogP contribution in [-0.2, 0) is 10.8 Å². The quantitative estimate of drug-likeness (QED) is 0.827. The third-order valence-electron chi connectivity index (χ3n) is 3.05. The molecule has 0 spiro atoms. The second-order valence-corrected chi connectivity index (χ2v) is 6.71. The summed E-state index contributed by atoms with van der Waals surface area (Å²) >= 11 is 0. The summed E-state index contributed by atoms with van der Waals surface area (Å²) in [5.41, 5.74) is 5.81. The number of benzene rings is 1. The van der Waals surface area contributed by atoms with Crippen molar-refractivity contribution >= 4 is 10.8 Å². The minimum absolute atomic E-state index is 0.130. The number of methoxy groups -OCH3 is 1. The minimum Gasteiger partial charge on any atom is -0.495 e. The molecule has 0 aliphatic heterocycles. The summed E-state index contributed by atoms with van der Waals surface area (Å²) in [4.78, 5) is 0.783. The van der Waals surface area contributed by atoms with E-state index in [4.69, 9.17) is 10.5 Å². The van der Waals surface area contributed by atoms with Crippen molar-refractivity contribution in [1.82, 2.24) is 0 Å². The third kappa shape index (κ3) is 4.42. The highest BCUT2D eigenvalue weighted by atomic mass is 32.2. The molecule has 0 aliphatic rings. The zero-order valence-corrected chi connectivity index (χ0v) is 12.3. The average Bonchev–Trinajstić information content (AvgIpc) is 2.38. The summed E-state index contributed by atoms with van der Waals surface area (Å²) < 4.78 is 17.4. The maximum absolute atomic E-state index is 12.2. The fraction of sp³-hybridized carbons (Fsp3) is 0.571. The van der Waals surface area contributed by atoms with Gasteiger partial charge in [0.15, 0.2) is 0 Å². The molecule has 0 amide bonds. The van der Waals surface area contributed by atoms with Gasteiger partial charge >= 0.3 is 0 Å². The molecule has 18 heavy (non-hydrogen) atoms. The van der Waals surface area contributed by atoms with Gasteiger partial charge in [-0.2, -0.15) is 0 Å². The van der Waals surface area contributed by atoms with Crippen LogP contribution in [0.2, 0.25) is 0 Å². The van der Waals surface area contributed by atoms with Crippen LogP contribution in [0.4, 0.5) is 0 Å². The van der Waals surface area contributed by atoms with E-state index in [0.717, 1.165) is 17.7 Å². The van der Waals surface area contributed by atoms with Crippen LogP contribution >= 0.6 is 0 Å². The highest BCUT2D eigenvalue weighted by Gasteiger charge is 2.16. The lowest BCUT2D eigenvalue weighted by molar-refractivity contribution is 0.344. The van der Waals surface area contributed by atoms with Crippen LogP contribution in [0.1, 0.15) is 26.7 Å². The Hall–Kier alpha value is -0.870. The van der Waals surface area contributed by atoms with Gasteiger partial charge in [0.1, 0.15) is 5.75 Å². The molecule has 3 nitrogen and oxygen atoms in total. The summed E-state index contributed by atoms with van der Waals surface area (Å²) in [6, 6.07) is 7.48. The van der Waals surface area contributed by atoms with Crippen LogP contribution in [0.3, 0.4) is 0 Å². The largest absolute Gasteiger partial charge is 0.495 e. The van der Waals surface area contributed by atoms with Crippen LogP contribution in [-0.4, -0.2) is 23.6 Å². The van der Waals surface area contributed by atoms with E-state index in [1.165, 1.54) is 0 Å². The zero-order valence-electron chi connectivity index (χ0n) is 11.4. The number of para-hydroxylation sites is 1. The fourth-order valence-corrected chi connectivity index (χ4v) is 2.93. The van der Waals surface area contributed by atoms with E-state index in [1.54, 1.807) is 7.11 Å². The zero-order chi connectivity index (χ0) is 13.6. The van der Waals surface area contributed by atoms with Crippen LogP contribution in [0.15, 0.2) is 29.2 Å². The Kier molecular flexibility index (Phi) is 5.82. The molecule has 102 valence electrons. The summed E-state index contributed by atoms with van der Waals surface area (Å²) in [5, 5.41) is 0. The highest BCUT2D eigenvalue weighted by molar-refractivity contribution is 7.85. The Morgan fingerprint density at radius 1 is 1.33 bits per heavy atom. The summed E-state index contributed by atoms with van der Waals surface area (Å²) in [7, 11) is 0.607. The van der Waals surface area contributed by atoms with Gasteiger partial charge in [0, 0.05) is 5.75 Å². The Bertz CT molecular complexity index is 405. The first kappa shape index (κ1) is 15.2. The van der Waals surface area contributed by atoms with Gasteiger partial charge in [-0.1, -0.05) is 26.0 Å². The summed E-state index contributed by atoms with van der Waals surface area (Å²) in [6.07, 6.45) is 1.90. The minimum atomic E-state index is -0.997. The van der Waals surface area contributed by atoms with E-state index >= 15 is 0 Å².